The minimum atomic E-state index is -0.112. The van der Waals surface area contributed by atoms with Crippen molar-refractivity contribution < 1.29 is 4.79 Å². The second kappa shape index (κ2) is 10.5. The van der Waals surface area contributed by atoms with Crippen molar-refractivity contribution in [2.24, 2.45) is 15.4 Å². The fourth-order valence-corrected chi connectivity index (χ4v) is 5.95. The number of amides is 1. The Morgan fingerprint density at radius 3 is 2.55 bits per heavy atom. The van der Waals surface area contributed by atoms with Crippen molar-refractivity contribution in [1.82, 2.24) is 19.8 Å². The molecule has 2 aromatic heterocycles. The molecule has 5 rings (SSSR count). The Bertz CT molecular complexity index is 1190. The third-order valence-corrected chi connectivity index (χ3v) is 8.24. The fourth-order valence-electron chi connectivity index (χ4n) is 5.95. The van der Waals surface area contributed by atoms with Gasteiger partial charge in [-0.1, -0.05) is 33.6 Å². The molecule has 1 aliphatic carbocycles. The first-order valence-corrected chi connectivity index (χ1v) is 13.9. The van der Waals surface area contributed by atoms with E-state index in [0.29, 0.717) is 29.4 Å². The van der Waals surface area contributed by atoms with Gasteiger partial charge in [0.25, 0.3) is 5.91 Å². The van der Waals surface area contributed by atoms with Gasteiger partial charge in [-0.2, -0.15) is 4.99 Å². The van der Waals surface area contributed by atoms with E-state index in [4.69, 9.17) is 4.99 Å². The summed E-state index contributed by atoms with van der Waals surface area (Å²) in [5.74, 6) is 1.77. The first kappa shape index (κ1) is 26.4. The smallest absolute Gasteiger partial charge is 0.268 e. The van der Waals surface area contributed by atoms with E-state index in [1.165, 1.54) is 6.42 Å². The molecule has 9 heteroatoms. The average Bonchev–Trinajstić information content (AvgIpc) is 3.51. The summed E-state index contributed by atoms with van der Waals surface area (Å²) in [6, 6.07) is 6.00. The molecule has 1 saturated carbocycles. The number of rotatable bonds is 5. The lowest BCUT2D eigenvalue weighted by atomic mass is 9.92. The molecule has 0 aromatic carbocycles. The van der Waals surface area contributed by atoms with Crippen molar-refractivity contribution in [2.75, 3.05) is 49.5 Å². The molecule has 2 aromatic rings. The second-order valence-corrected chi connectivity index (χ2v) is 12.2. The number of guanidine groups is 1. The number of nitrogens with zero attached hydrogens (tertiary/aromatic N) is 6. The largest absolute Gasteiger partial charge is 0.368 e. The van der Waals surface area contributed by atoms with Crippen LogP contribution in [0.5, 0.6) is 0 Å². The van der Waals surface area contributed by atoms with Gasteiger partial charge in [-0.05, 0) is 68.6 Å². The molecule has 2 N–H and O–H groups in total. The molecule has 0 atom stereocenters. The molecule has 3 aliphatic rings. The maximum absolute atomic E-state index is 12.6. The van der Waals surface area contributed by atoms with Crippen LogP contribution in [0.2, 0.25) is 0 Å². The van der Waals surface area contributed by atoms with Crippen LogP contribution in [-0.2, 0) is 5.54 Å². The number of aromatic nitrogens is 2. The topological polar surface area (TPSA) is 90.1 Å². The summed E-state index contributed by atoms with van der Waals surface area (Å²) in [5, 5.41) is 6.32. The van der Waals surface area contributed by atoms with Crippen LogP contribution >= 0.6 is 0 Å². The molecule has 204 valence electrons. The number of hydrogen-bond donors (Lipinski definition) is 2. The Labute approximate surface area is 226 Å². The number of hydrogen-bond acceptors (Lipinski definition) is 5. The SMILES string of the molecule is C=N/C(=N\c1c(C)cc2n1C1(CCCC1)CNC2=O)Nc1ccc(N2CCN(CCC(C)(C)C)CC2)cn1. The summed E-state index contributed by atoms with van der Waals surface area (Å²) < 4.78 is 2.15. The van der Waals surface area contributed by atoms with Gasteiger partial charge in [0.2, 0.25) is 5.96 Å². The van der Waals surface area contributed by atoms with Crippen molar-refractivity contribution in [3.05, 3.63) is 35.7 Å². The number of carbonyl (C=O) groups excluding carboxylic acids is 1. The normalized spacial score (nSPS) is 19.9. The van der Waals surface area contributed by atoms with Crippen molar-refractivity contribution >= 4 is 35.9 Å². The molecule has 1 saturated heterocycles. The Hall–Kier alpha value is -3.20. The fraction of sp³-hybridized carbons (Fsp3) is 0.586. The van der Waals surface area contributed by atoms with Crippen LogP contribution in [0, 0.1) is 12.3 Å². The van der Waals surface area contributed by atoms with Crippen LogP contribution in [0.1, 0.15) is 68.9 Å². The molecule has 2 fully saturated rings. The van der Waals surface area contributed by atoms with Crippen LogP contribution < -0.4 is 15.5 Å². The van der Waals surface area contributed by atoms with E-state index < -0.39 is 0 Å². The predicted octanol–water partition coefficient (Wildman–Crippen LogP) is 4.56. The number of fused-ring (bicyclic) bond motifs is 2. The van der Waals surface area contributed by atoms with E-state index in [1.807, 2.05) is 25.3 Å². The summed E-state index contributed by atoms with van der Waals surface area (Å²) >= 11 is 0. The van der Waals surface area contributed by atoms with E-state index in [-0.39, 0.29) is 11.4 Å². The lowest BCUT2D eigenvalue weighted by molar-refractivity contribution is 0.0874. The van der Waals surface area contributed by atoms with Crippen LogP contribution in [0.4, 0.5) is 17.3 Å². The van der Waals surface area contributed by atoms with Gasteiger partial charge in [0.05, 0.1) is 17.4 Å². The lowest BCUT2D eigenvalue weighted by Gasteiger charge is -2.37. The highest BCUT2D eigenvalue weighted by Gasteiger charge is 2.43. The Balaban J connectivity index is 1.28. The summed E-state index contributed by atoms with van der Waals surface area (Å²) in [4.78, 5) is 31.3. The highest BCUT2D eigenvalue weighted by molar-refractivity contribution is 5.99. The van der Waals surface area contributed by atoms with E-state index in [2.05, 4.69) is 68.5 Å². The van der Waals surface area contributed by atoms with Crippen molar-refractivity contribution in [2.45, 2.75) is 65.3 Å². The minimum Gasteiger partial charge on any atom is -0.368 e. The summed E-state index contributed by atoms with van der Waals surface area (Å²) in [5.41, 5.74) is 3.02. The average molecular weight is 519 g/mol. The Morgan fingerprint density at radius 2 is 1.92 bits per heavy atom. The first-order valence-electron chi connectivity index (χ1n) is 13.9. The predicted molar refractivity (Wildman–Crippen MR) is 155 cm³/mol. The number of nitrogens with one attached hydrogen (secondary N) is 2. The van der Waals surface area contributed by atoms with Gasteiger partial charge >= 0.3 is 0 Å². The molecule has 0 radical (unpaired) electrons. The van der Waals surface area contributed by atoms with Gasteiger partial charge in [-0.3, -0.25) is 9.69 Å². The van der Waals surface area contributed by atoms with Gasteiger partial charge in [0.1, 0.15) is 17.3 Å². The second-order valence-electron chi connectivity index (χ2n) is 12.2. The zero-order chi connectivity index (χ0) is 26.9. The number of aliphatic imine (C=N–C) groups is 2. The highest BCUT2D eigenvalue weighted by Crippen LogP contribution is 2.43. The summed E-state index contributed by atoms with van der Waals surface area (Å²) in [7, 11) is 0. The van der Waals surface area contributed by atoms with Crippen LogP contribution in [0.15, 0.2) is 34.4 Å². The quantitative estimate of drug-likeness (QED) is 0.447. The standard InChI is InChI=1S/C29H42N8O/c1-21-18-23-26(38)32-20-29(10-6-7-11-29)37(23)25(21)34-27(30-5)33-24-9-8-22(19-31-24)36-16-14-35(15-17-36)13-12-28(2,3)4/h8-9,18-19H,5-7,10-17,20H2,1-4H3,(H,32,38)(H,31,33,34). The zero-order valence-electron chi connectivity index (χ0n) is 23.4. The van der Waals surface area contributed by atoms with Crippen molar-refractivity contribution in [3.8, 4) is 0 Å². The van der Waals surface area contributed by atoms with E-state index in [0.717, 1.165) is 75.5 Å². The maximum Gasteiger partial charge on any atom is 0.268 e. The monoisotopic (exact) mass is 518 g/mol. The van der Waals surface area contributed by atoms with Gasteiger partial charge in [0, 0.05) is 32.7 Å². The molecular weight excluding hydrogens is 476 g/mol. The molecule has 0 bridgehead atoms. The van der Waals surface area contributed by atoms with Crippen molar-refractivity contribution in [3.63, 3.8) is 0 Å². The Kier molecular flexibility index (Phi) is 7.31. The number of aryl methyl sites for hydroxylation is 1. The molecule has 1 amide bonds. The molecule has 9 nitrogen and oxygen atoms in total. The van der Waals surface area contributed by atoms with Gasteiger partial charge in [-0.25, -0.2) is 9.98 Å². The number of carbonyl (C=O) groups is 1. The van der Waals surface area contributed by atoms with E-state index in [1.54, 1.807) is 0 Å². The molecule has 1 spiro atoms. The van der Waals surface area contributed by atoms with Crippen LogP contribution in [-0.4, -0.2) is 72.3 Å². The Morgan fingerprint density at radius 1 is 1.18 bits per heavy atom. The zero-order valence-corrected chi connectivity index (χ0v) is 23.4. The number of anilines is 2. The molecular formula is C29H42N8O. The van der Waals surface area contributed by atoms with Gasteiger partial charge < -0.3 is 20.1 Å². The van der Waals surface area contributed by atoms with Gasteiger partial charge in [-0.15, -0.1) is 0 Å². The number of piperazine rings is 1. The van der Waals surface area contributed by atoms with Gasteiger partial charge in [0.15, 0.2) is 0 Å². The molecule has 0 unspecified atom stereocenters. The first-order chi connectivity index (χ1) is 18.2. The van der Waals surface area contributed by atoms with E-state index >= 15 is 0 Å². The summed E-state index contributed by atoms with van der Waals surface area (Å²) in [6.45, 7) is 18.6. The van der Waals surface area contributed by atoms with Crippen LogP contribution in [0.3, 0.4) is 0 Å². The van der Waals surface area contributed by atoms with Crippen molar-refractivity contribution in [1.29, 1.82) is 0 Å². The van der Waals surface area contributed by atoms with Crippen LogP contribution in [0.25, 0.3) is 0 Å². The lowest BCUT2D eigenvalue weighted by Crippen LogP contribution is -2.49. The summed E-state index contributed by atoms with van der Waals surface area (Å²) in [6.07, 6.45) is 7.52. The number of pyridine rings is 1. The third-order valence-electron chi connectivity index (χ3n) is 8.24. The molecule has 4 heterocycles. The molecule has 38 heavy (non-hydrogen) atoms. The van der Waals surface area contributed by atoms with E-state index in [9.17, 15) is 4.79 Å². The highest BCUT2D eigenvalue weighted by atomic mass is 16.2. The molecule has 2 aliphatic heterocycles. The maximum atomic E-state index is 12.6. The third kappa shape index (κ3) is 5.48. The minimum absolute atomic E-state index is 0.0413.